The van der Waals surface area contributed by atoms with Gasteiger partial charge in [0.25, 0.3) is 0 Å². The standard InChI is InChI=1S/C16H21Cl3N2O3S/c1-25(23,24)21(15-8-13(18)12(17)7-14(15)19)10-16(22)20-9-11-5-3-2-4-6-11/h7-8,11H,2-6,9-10H2,1H3,(H,20,22). The molecule has 0 aliphatic heterocycles. The Labute approximate surface area is 163 Å². The molecule has 1 N–H and O–H groups in total. The third-order valence-electron chi connectivity index (χ3n) is 4.26. The molecule has 5 nitrogen and oxygen atoms in total. The third kappa shape index (κ3) is 5.91. The Balaban J connectivity index is 2.10. The fourth-order valence-electron chi connectivity index (χ4n) is 2.92. The van der Waals surface area contributed by atoms with E-state index in [1.54, 1.807) is 0 Å². The molecule has 1 aromatic carbocycles. The van der Waals surface area contributed by atoms with Crippen LogP contribution in [0.1, 0.15) is 32.1 Å². The van der Waals surface area contributed by atoms with Gasteiger partial charge in [0.1, 0.15) is 6.54 Å². The van der Waals surface area contributed by atoms with Gasteiger partial charge in [0.15, 0.2) is 0 Å². The van der Waals surface area contributed by atoms with Crippen LogP contribution in [0.25, 0.3) is 0 Å². The number of halogens is 3. The quantitative estimate of drug-likeness (QED) is 0.695. The van der Waals surface area contributed by atoms with Gasteiger partial charge < -0.3 is 5.32 Å². The molecular weight excluding hydrogens is 407 g/mol. The summed E-state index contributed by atoms with van der Waals surface area (Å²) in [6, 6.07) is 2.71. The highest BCUT2D eigenvalue weighted by Crippen LogP contribution is 2.35. The summed E-state index contributed by atoms with van der Waals surface area (Å²) in [6.45, 7) is 0.203. The van der Waals surface area contributed by atoms with Gasteiger partial charge in [0.05, 0.1) is 27.0 Å². The zero-order valence-corrected chi connectivity index (χ0v) is 17.0. The molecule has 0 saturated heterocycles. The second-order valence-corrected chi connectivity index (χ2v) is 9.42. The zero-order chi connectivity index (χ0) is 18.6. The van der Waals surface area contributed by atoms with Gasteiger partial charge in [-0.15, -0.1) is 0 Å². The molecule has 1 amide bonds. The zero-order valence-electron chi connectivity index (χ0n) is 13.9. The maximum absolute atomic E-state index is 12.3. The van der Waals surface area contributed by atoms with Crippen LogP contribution in [0.15, 0.2) is 12.1 Å². The Morgan fingerprint density at radius 1 is 1.12 bits per heavy atom. The van der Waals surface area contributed by atoms with E-state index in [0.717, 1.165) is 23.4 Å². The van der Waals surface area contributed by atoms with E-state index in [-0.39, 0.29) is 33.2 Å². The van der Waals surface area contributed by atoms with E-state index in [9.17, 15) is 13.2 Å². The Hall–Kier alpha value is -0.690. The molecule has 0 bridgehead atoms. The van der Waals surface area contributed by atoms with Crippen molar-refractivity contribution in [1.82, 2.24) is 5.32 Å². The molecule has 0 unspecified atom stereocenters. The topological polar surface area (TPSA) is 66.5 Å². The van der Waals surface area contributed by atoms with Crippen LogP contribution in [0.3, 0.4) is 0 Å². The highest BCUT2D eigenvalue weighted by molar-refractivity contribution is 7.92. The lowest BCUT2D eigenvalue weighted by Crippen LogP contribution is -2.42. The third-order valence-corrected chi connectivity index (χ3v) is 6.41. The molecule has 1 saturated carbocycles. The minimum absolute atomic E-state index is 0.111. The van der Waals surface area contributed by atoms with Gasteiger partial charge in [-0.1, -0.05) is 54.1 Å². The van der Waals surface area contributed by atoms with Gasteiger partial charge in [0.2, 0.25) is 15.9 Å². The van der Waals surface area contributed by atoms with Gasteiger partial charge in [0, 0.05) is 6.54 Å². The van der Waals surface area contributed by atoms with Crippen molar-refractivity contribution in [1.29, 1.82) is 0 Å². The number of hydrogen-bond donors (Lipinski definition) is 1. The first-order valence-corrected chi connectivity index (χ1v) is 11.1. The second-order valence-electron chi connectivity index (χ2n) is 6.30. The average molecular weight is 428 g/mol. The predicted octanol–water partition coefficient (Wildman–Crippen LogP) is 4.11. The van der Waals surface area contributed by atoms with Crippen molar-refractivity contribution in [2.45, 2.75) is 32.1 Å². The summed E-state index contributed by atoms with van der Waals surface area (Å²) in [7, 11) is -3.72. The van der Waals surface area contributed by atoms with Crippen molar-refractivity contribution in [2.75, 3.05) is 23.7 Å². The van der Waals surface area contributed by atoms with Gasteiger partial charge in [-0.3, -0.25) is 9.10 Å². The van der Waals surface area contributed by atoms with E-state index in [0.29, 0.717) is 12.5 Å². The molecule has 1 aliphatic rings. The molecule has 0 spiro atoms. The van der Waals surface area contributed by atoms with E-state index in [1.807, 2.05) is 0 Å². The van der Waals surface area contributed by atoms with Crippen LogP contribution in [0.5, 0.6) is 0 Å². The van der Waals surface area contributed by atoms with Gasteiger partial charge in [-0.05, 0) is 30.9 Å². The predicted molar refractivity (Wildman–Crippen MR) is 103 cm³/mol. The van der Waals surface area contributed by atoms with E-state index < -0.39 is 10.0 Å². The lowest BCUT2D eigenvalue weighted by Gasteiger charge is -2.25. The van der Waals surface area contributed by atoms with E-state index in [4.69, 9.17) is 34.8 Å². The molecule has 0 atom stereocenters. The fraction of sp³-hybridized carbons (Fsp3) is 0.562. The van der Waals surface area contributed by atoms with Crippen molar-refractivity contribution < 1.29 is 13.2 Å². The lowest BCUT2D eigenvalue weighted by molar-refractivity contribution is -0.119. The molecule has 0 aromatic heterocycles. The van der Waals surface area contributed by atoms with Crippen LogP contribution in [-0.4, -0.2) is 33.7 Å². The smallest absolute Gasteiger partial charge is 0.240 e. The largest absolute Gasteiger partial charge is 0.354 e. The summed E-state index contributed by atoms with van der Waals surface area (Å²) in [5.74, 6) is 0.0797. The molecule has 0 radical (unpaired) electrons. The molecule has 1 aliphatic carbocycles. The van der Waals surface area contributed by atoms with Crippen LogP contribution >= 0.6 is 34.8 Å². The van der Waals surface area contributed by atoms with Gasteiger partial charge in [-0.2, -0.15) is 0 Å². The van der Waals surface area contributed by atoms with Crippen molar-refractivity contribution in [3.8, 4) is 0 Å². The number of carbonyl (C=O) groups is 1. The van der Waals surface area contributed by atoms with Crippen molar-refractivity contribution in [3.63, 3.8) is 0 Å². The summed E-state index contributed by atoms with van der Waals surface area (Å²) in [5.41, 5.74) is 0.131. The highest BCUT2D eigenvalue weighted by Gasteiger charge is 2.24. The summed E-state index contributed by atoms with van der Waals surface area (Å²) >= 11 is 18.0. The summed E-state index contributed by atoms with van der Waals surface area (Å²) in [5, 5.41) is 3.31. The Kier molecular flexibility index (Phi) is 7.26. The Morgan fingerprint density at radius 2 is 1.72 bits per heavy atom. The van der Waals surface area contributed by atoms with Crippen LogP contribution in [-0.2, 0) is 14.8 Å². The first kappa shape index (κ1) is 20.6. The van der Waals surface area contributed by atoms with Crippen molar-refractivity contribution in [3.05, 3.63) is 27.2 Å². The van der Waals surface area contributed by atoms with E-state index in [2.05, 4.69) is 5.32 Å². The maximum Gasteiger partial charge on any atom is 0.240 e. The van der Waals surface area contributed by atoms with Crippen LogP contribution in [0.4, 0.5) is 5.69 Å². The minimum Gasteiger partial charge on any atom is -0.354 e. The molecule has 25 heavy (non-hydrogen) atoms. The second kappa shape index (κ2) is 8.80. The number of nitrogens with one attached hydrogen (secondary N) is 1. The van der Waals surface area contributed by atoms with E-state index in [1.165, 1.54) is 31.4 Å². The average Bonchev–Trinajstić information content (AvgIpc) is 2.54. The number of hydrogen-bond acceptors (Lipinski definition) is 3. The Morgan fingerprint density at radius 3 is 2.32 bits per heavy atom. The number of amides is 1. The minimum atomic E-state index is -3.72. The normalized spacial score (nSPS) is 15.8. The SMILES string of the molecule is CS(=O)(=O)N(CC(=O)NCC1CCCCC1)c1cc(Cl)c(Cl)cc1Cl. The molecule has 9 heteroatoms. The summed E-state index contributed by atoms with van der Waals surface area (Å²) < 4.78 is 25.2. The number of sulfonamides is 1. The molecule has 1 aromatic rings. The highest BCUT2D eigenvalue weighted by atomic mass is 35.5. The molecule has 1 fully saturated rings. The van der Waals surface area contributed by atoms with Gasteiger partial charge >= 0.3 is 0 Å². The number of rotatable bonds is 6. The van der Waals surface area contributed by atoms with Crippen molar-refractivity contribution >= 4 is 56.4 Å². The monoisotopic (exact) mass is 426 g/mol. The molecule has 0 heterocycles. The molecule has 140 valence electrons. The maximum atomic E-state index is 12.3. The first-order chi connectivity index (χ1) is 11.7. The molecule has 2 rings (SSSR count). The van der Waals surface area contributed by atoms with Crippen LogP contribution < -0.4 is 9.62 Å². The lowest BCUT2D eigenvalue weighted by atomic mass is 9.89. The van der Waals surface area contributed by atoms with Gasteiger partial charge in [-0.25, -0.2) is 8.42 Å². The van der Waals surface area contributed by atoms with E-state index >= 15 is 0 Å². The summed E-state index contributed by atoms with van der Waals surface area (Å²) in [4.78, 5) is 12.3. The number of benzene rings is 1. The fourth-order valence-corrected chi connectivity index (χ4v) is 4.47. The van der Waals surface area contributed by atoms with Crippen LogP contribution in [0, 0.1) is 5.92 Å². The Bertz CT molecular complexity index is 734. The molecular formula is C16H21Cl3N2O3S. The summed E-state index contributed by atoms with van der Waals surface area (Å²) in [6.07, 6.45) is 6.79. The first-order valence-electron chi connectivity index (χ1n) is 8.07. The van der Waals surface area contributed by atoms with Crippen LogP contribution in [0.2, 0.25) is 15.1 Å². The van der Waals surface area contributed by atoms with Crippen molar-refractivity contribution in [2.24, 2.45) is 5.92 Å². The number of anilines is 1. The number of carbonyl (C=O) groups excluding carboxylic acids is 1. The number of nitrogens with zero attached hydrogens (tertiary/aromatic N) is 1.